The molecule has 0 heterocycles. The molecule has 0 aliphatic carbocycles. The van der Waals surface area contributed by atoms with E-state index in [2.05, 4.69) is 0 Å². The molecule has 0 bridgehead atoms. The largest absolute Gasteiger partial charge is 0.480 e. The highest BCUT2D eigenvalue weighted by Gasteiger charge is 2.12. The third-order valence-corrected chi connectivity index (χ3v) is 4.20. The molecule has 1 aromatic carbocycles. The van der Waals surface area contributed by atoms with Crippen molar-refractivity contribution in [2.24, 2.45) is 0 Å². The summed E-state index contributed by atoms with van der Waals surface area (Å²) in [7, 11) is 0. The van der Waals surface area contributed by atoms with Crippen LogP contribution in [0.4, 0.5) is 0 Å². The topological polar surface area (TPSA) is 46.5 Å². The van der Waals surface area contributed by atoms with Crippen molar-refractivity contribution in [1.29, 1.82) is 0 Å². The van der Waals surface area contributed by atoms with E-state index in [-0.39, 0.29) is 6.61 Å². The van der Waals surface area contributed by atoms with Gasteiger partial charge in [0.25, 0.3) is 0 Å². The zero-order valence-electron chi connectivity index (χ0n) is 9.85. The van der Waals surface area contributed by atoms with Gasteiger partial charge >= 0.3 is 5.97 Å². The van der Waals surface area contributed by atoms with Crippen LogP contribution in [0, 0.1) is 0 Å². The van der Waals surface area contributed by atoms with Crippen molar-refractivity contribution in [2.75, 3.05) is 25.4 Å². The summed E-state index contributed by atoms with van der Waals surface area (Å²) >= 11 is 4.79. The normalized spacial score (nSPS) is 10.3. The number of hydrogen-bond donors (Lipinski definition) is 1. The summed E-state index contributed by atoms with van der Waals surface area (Å²) in [6, 6.07) is 4.04. The highest BCUT2D eigenvalue weighted by molar-refractivity contribution is 8.00. The molecule has 0 spiro atoms. The standard InChI is InChI=1S/C11H14O3S3/c1-15-7-4-8(16-2)11(9(5-7)17-3)14-6-10(12)13/h4-5H,6H2,1-3H3,(H,12,13). The van der Waals surface area contributed by atoms with E-state index in [0.717, 1.165) is 14.7 Å². The first kappa shape index (κ1) is 14.6. The van der Waals surface area contributed by atoms with Crippen LogP contribution < -0.4 is 4.74 Å². The lowest BCUT2D eigenvalue weighted by molar-refractivity contribution is -0.139. The molecule has 0 aliphatic rings. The summed E-state index contributed by atoms with van der Waals surface area (Å²) in [4.78, 5) is 13.7. The fourth-order valence-electron chi connectivity index (χ4n) is 1.25. The number of carboxylic acid groups (broad SMARTS) is 1. The maximum absolute atomic E-state index is 10.6. The summed E-state index contributed by atoms with van der Waals surface area (Å²) in [5.41, 5.74) is 0. The molecule has 0 radical (unpaired) electrons. The first-order chi connectivity index (χ1) is 8.12. The minimum Gasteiger partial charge on any atom is -0.480 e. The molecule has 0 amide bonds. The van der Waals surface area contributed by atoms with Crippen LogP contribution in [0.25, 0.3) is 0 Å². The van der Waals surface area contributed by atoms with Crippen LogP contribution in [-0.2, 0) is 4.79 Å². The van der Waals surface area contributed by atoms with Gasteiger partial charge in [0.05, 0.1) is 9.79 Å². The summed E-state index contributed by atoms with van der Waals surface area (Å²) in [5.74, 6) is -0.289. The van der Waals surface area contributed by atoms with E-state index in [1.165, 1.54) is 0 Å². The molecule has 1 aromatic rings. The molecule has 3 nitrogen and oxygen atoms in total. The number of rotatable bonds is 6. The fraction of sp³-hybridized carbons (Fsp3) is 0.364. The van der Waals surface area contributed by atoms with Crippen molar-refractivity contribution in [3.8, 4) is 5.75 Å². The molecular weight excluding hydrogens is 276 g/mol. The maximum Gasteiger partial charge on any atom is 0.341 e. The Hall–Kier alpha value is -0.460. The predicted octanol–water partition coefficient (Wildman–Crippen LogP) is 3.32. The van der Waals surface area contributed by atoms with Crippen molar-refractivity contribution >= 4 is 41.3 Å². The van der Waals surface area contributed by atoms with Crippen LogP contribution in [0.2, 0.25) is 0 Å². The van der Waals surface area contributed by atoms with Gasteiger partial charge in [0.1, 0.15) is 5.75 Å². The average Bonchev–Trinajstić information content (AvgIpc) is 2.34. The number of ether oxygens (including phenoxy) is 1. The van der Waals surface area contributed by atoms with Crippen molar-refractivity contribution < 1.29 is 14.6 Å². The number of benzene rings is 1. The van der Waals surface area contributed by atoms with Gasteiger partial charge < -0.3 is 9.84 Å². The van der Waals surface area contributed by atoms with Crippen LogP contribution in [0.1, 0.15) is 0 Å². The van der Waals surface area contributed by atoms with Crippen molar-refractivity contribution in [1.82, 2.24) is 0 Å². The van der Waals surface area contributed by atoms with Crippen LogP contribution in [0.15, 0.2) is 26.8 Å². The molecule has 0 aromatic heterocycles. The lowest BCUT2D eigenvalue weighted by atomic mass is 10.3. The molecule has 0 aliphatic heterocycles. The van der Waals surface area contributed by atoms with Crippen molar-refractivity contribution in [2.45, 2.75) is 14.7 Å². The molecule has 94 valence electrons. The van der Waals surface area contributed by atoms with Gasteiger partial charge in [-0.15, -0.1) is 35.3 Å². The number of thioether (sulfide) groups is 3. The average molecular weight is 290 g/mol. The lowest BCUT2D eigenvalue weighted by Crippen LogP contribution is -2.10. The summed E-state index contributed by atoms with van der Waals surface area (Å²) in [6.45, 7) is -0.306. The maximum atomic E-state index is 10.6. The van der Waals surface area contributed by atoms with E-state index in [9.17, 15) is 4.79 Å². The molecule has 0 saturated heterocycles. The van der Waals surface area contributed by atoms with Crippen LogP contribution in [-0.4, -0.2) is 36.5 Å². The van der Waals surface area contributed by atoms with Gasteiger partial charge in [-0.2, -0.15) is 0 Å². The molecule has 0 saturated carbocycles. The molecule has 0 unspecified atom stereocenters. The first-order valence-corrected chi connectivity index (χ1v) is 8.44. The second-order valence-corrected chi connectivity index (χ2v) is 5.62. The molecule has 17 heavy (non-hydrogen) atoms. The molecule has 0 fully saturated rings. The highest BCUT2D eigenvalue weighted by Crippen LogP contribution is 2.39. The number of aliphatic carboxylic acids is 1. The van der Waals surface area contributed by atoms with E-state index in [1.54, 1.807) is 35.3 Å². The Kier molecular flexibility index (Phi) is 6.08. The van der Waals surface area contributed by atoms with Gasteiger partial charge in [0.2, 0.25) is 0 Å². The summed E-state index contributed by atoms with van der Waals surface area (Å²) in [5, 5.41) is 8.66. The van der Waals surface area contributed by atoms with Gasteiger partial charge in [-0.05, 0) is 30.9 Å². The van der Waals surface area contributed by atoms with E-state index >= 15 is 0 Å². The highest BCUT2D eigenvalue weighted by atomic mass is 32.2. The van der Waals surface area contributed by atoms with E-state index < -0.39 is 5.97 Å². The van der Waals surface area contributed by atoms with Gasteiger partial charge in [0, 0.05) is 4.90 Å². The minimum absolute atomic E-state index is 0.306. The van der Waals surface area contributed by atoms with Gasteiger partial charge in [-0.3, -0.25) is 0 Å². The van der Waals surface area contributed by atoms with E-state index in [1.807, 2.05) is 30.9 Å². The molecule has 0 atom stereocenters. The molecular formula is C11H14O3S3. The minimum atomic E-state index is -0.960. The smallest absolute Gasteiger partial charge is 0.341 e. The second kappa shape index (κ2) is 7.08. The summed E-state index contributed by atoms with van der Waals surface area (Å²) in [6.07, 6.45) is 5.93. The summed E-state index contributed by atoms with van der Waals surface area (Å²) < 4.78 is 5.36. The third kappa shape index (κ3) is 4.04. The van der Waals surface area contributed by atoms with Crippen LogP contribution in [0.3, 0.4) is 0 Å². The van der Waals surface area contributed by atoms with Crippen molar-refractivity contribution in [3.05, 3.63) is 12.1 Å². The number of carbonyl (C=O) groups is 1. The Bertz CT molecular complexity index is 382. The third-order valence-electron chi connectivity index (χ3n) is 2.01. The Balaban J connectivity index is 3.10. The zero-order chi connectivity index (χ0) is 12.8. The van der Waals surface area contributed by atoms with Crippen molar-refractivity contribution in [3.63, 3.8) is 0 Å². The van der Waals surface area contributed by atoms with Gasteiger partial charge in [-0.25, -0.2) is 4.79 Å². The van der Waals surface area contributed by atoms with Gasteiger partial charge in [0.15, 0.2) is 6.61 Å². The monoisotopic (exact) mass is 290 g/mol. The zero-order valence-corrected chi connectivity index (χ0v) is 12.3. The predicted molar refractivity (Wildman–Crippen MR) is 74.9 cm³/mol. The Labute approximate surface area is 114 Å². The van der Waals surface area contributed by atoms with Gasteiger partial charge in [-0.1, -0.05) is 0 Å². The number of carboxylic acids is 1. The molecule has 6 heteroatoms. The Morgan fingerprint density at radius 1 is 1.18 bits per heavy atom. The van der Waals surface area contributed by atoms with E-state index in [4.69, 9.17) is 9.84 Å². The Morgan fingerprint density at radius 3 is 2.06 bits per heavy atom. The quantitative estimate of drug-likeness (QED) is 0.811. The van der Waals surface area contributed by atoms with Crippen LogP contribution in [0.5, 0.6) is 5.75 Å². The SMILES string of the molecule is CSc1cc(SC)c(OCC(=O)O)c(SC)c1. The first-order valence-electron chi connectivity index (χ1n) is 4.77. The fourth-order valence-corrected chi connectivity index (χ4v) is 3.13. The van der Waals surface area contributed by atoms with Crippen LogP contribution >= 0.6 is 35.3 Å². The molecule has 1 N–H and O–H groups in total. The second-order valence-electron chi connectivity index (χ2n) is 3.04. The Morgan fingerprint density at radius 2 is 1.71 bits per heavy atom. The number of hydrogen-bond acceptors (Lipinski definition) is 5. The van der Waals surface area contributed by atoms with E-state index in [0.29, 0.717) is 5.75 Å². The lowest BCUT2D eigenvalue weighted by Gasteiger charge is -2.14. The molecule has 1 rings (SSSR count).